The molecule has 0 unspecified atom stereocenters. The van der Waals surface area contributed by atoms with Crippen molar-refractivity contribution in [2.24, 2.45) is 9.98 Å². The van der Waals surface area contributed by atoms with Gasteiger partial charge >= 0.3 is 0 Å². The summed E-state index contributed by atoms with van der Waals surface area (Å²) in [6, 6.07) is 17.5. The highest BCUT2D eigenvalue weighted by atomic mass is 32.1. The molecule has 104 valence electrons. The van der Waals surface area contributed by atoms with Gasteiger partial charge in [0, 0.05) is 11.1 Å². The summed E-state index contributed by atoms with van der Waals surface area (Å²) in [5.41, 5.74) is 2.90. The maximum absolute atomic E-state index is 5.07. The molecule has 0 aromatic heterocycles. The zero-order valence-electron chi connectivity index (χ0n) is 10.7. The van der Waals surface area contributed by atoms with Crippen molar-refractivity contribution in [3.8, 4) is 0 Å². The number of benzene rings is 2. The first kappa shape index (κ1) is 16.1. The molecule has 0 atom stereocenters. The molecule has 2 aromatic rings. The SMILES string of the molecule is S=C(S)c1ccccc1N=C=Nc1ccccc1C(=S)S. The van der Waals surface area contributed by atoms with E-state index in [4.69, 9.17) is 24.4 Å². The number of thiocarbonyl (C=S) groups is 2. The van der Waals surface area contributed by atoms with E-state index in [2.05, 4.69) is 41.3 Å². The maximum Gasteiger partial charge on any atom is 0.101 e. The van der Waals surface area contributed by atoms with Gasteiger partial charge in [0.2, 0.25) is 0 Å². The first-order valence-electron chi connectivity index (χ1n) is 5.90. The molecule has 0 saturated carbocycles. The van der Waals surface area contributed by atoms with Gasteiger partial charge in [0.25, 0.3) is 0 Å². The van der Waals surface area contributed by atoms with Crippen LogP contribution < -0.4 is 0 Å². The zero-order valence-corrected chi connectivity index (χ0v) is 14.1. The topological polar surface area (TPSA) is 24.7 Å². The van der Waals surface area contributed by atoms with Crippen molar-refractivity contribution in [2.45, 2.75) is 0 Å². The quantitative estimate of drug-likeness (QED) is 0.461. The van der Waals surface area contributed by atoms with E-state index < -0.39 is 0 Å². The van der Waals surface area contributed by atoms with E-state index in [1.54, 1.807) is 0 Å². The van der Waals surface area contributed by atoms with Crippen LogP contribution in [-0.2, 0) is 0 Å². The van der Waals surface area contributed by atoms with Crippen LogP contribution in [0.2, 0.25) is 0 Å². The number of aliphatic imine (C=N–C) groups is 2. The third kappa shape index (κ3) is 4.33. The highest BCUT2D eigenvalue weighted by Gasteiger charge is 2.03. The molecule has 0 amide bonds. The minimum atomic E-state index is 0.480. The summed E-state index contributed by atoms with van der Waals surface area (Å²) in [5.74, 6) is 0. The molecule has 0 aliphatic rings. The van der Waals surface area contributed by atoms with Crippen LogP contribution in [0.15, 0.2) is 58.5 Å². The Morgan fingerprint density at radius 3 is 1.52 bits per heavy atom. The fourth-order valence-corrected chi connectivity index (χ4v) is 2.36. The van der Waals surface area contributed by atoms with Crippen molar-refractivity contribution in [1.29, 1.82) is 0 Å². The van der Waals surface area contributed by atoms with E-state index in [9.17, 15) is 0 Å². The third-order valence-corrected chi connectivity index (χ3v) is 3.53. The molecule has 0 N–H and O–H groups in total. The Labute approximate surface area is 144 Å². The van der Waals surface area contributed by atoms with Gasteiger partial charge in [-0.15, -0.1) is 25.3 Å². The highest BCUT2D eigenvalue weighted by molar-refractivity contribution is 8.12. The van der Waals surface area contributed by atoms with Crippen molar-refractivity contribution in [3.63, 3.8) is 0 Å². The molecule has 0 heterocycles. The molecule has 0 fully saturated rings. The van der Waals surface area contributed by atoms with Gasteiger partial charge < -0.3 is 0 Å². The molecule has 0 spiro atoms. The Morgan fingerprint density at radius 2 is 1.14 bits per heavy atom. The molecular weight excluding hydrogens is 336 g/mol. The van der Waals surface area contributed by atoms with Crippen LogP contribution in [0.1, 0.15) is 11.1 Å². The first-order valence-corrected chi connectivity index (χ1v) is 7.62. The highest BCUT2D eigenvalue weighted by Crippen LogP contribution is 2.22. The van der Waals surface area contributed by atoms with Crippen LogP contribution in [0.25, 0.3) is 0 Å². The average Bonchev–Trinajstić information content (AvgIpc) is 2.48. The average molecular weight is 347 g/mol. The van der Waals surface area contributed by atoms with Crippen molar-refractivity contribution in [1.82, 2.24) is 0 Å². The first-order chi connectivity index (χ1) is 10.1. The van der Waals surface area contributed by atoms with Crippen LogP contribution in [0.3, 0.4) is 0 Å². The van der Waals surface area contributed by atoms with Crippen molar-refractivity contribution >= 4 is 75.5 Å². The Morgan fingerprint density at radius 1 is 0.762 bits per heavy atom. The molecule has 0 radical (unpaired) electrons. The Balaban J connectivity index is 2.39. The van der Waals surface area contributed by atoms with Crippen LogP contribution in [0.5, 0.6) is 0 Å². The fourth-order valence-electron chi connectivity index (χ4n) is 1.64. The number of rotatable bonds is 4. The lowest BCUT2D eigenvalue weighted by Crippen LogP contribution is -1.87. The van der Waals surface area contributed by atoms with Gasteiger partial charge in [0.1, 0.15) is 6.01 Å². The molecule has 0 aliphatic heterocycles. The van der Waals surface area contributed by atoms with E-state index in [1.165, 1.54) is 0 Å². The second-order valence-corrected chi connectivity index (χ2v) is 6.28. The number of nitrogens with zero attached hydrogens (tertiary/aromatic N) is 2. The monoisotopic (exact) mass is 346 g/mol. The smallest absolute Gasteiger partial charge is 0.101 e. The number of para-hydroxylation sites is 2. The van der Waals surface area contributed by atoms with E-state index in [0.29, 0.717) is 19.8 Å². The van der Waals surface area contributed by atoms with Crippen molar-refractivity contribution in [3.05, 3.63) is 59.7 Å². The largest absolute Gasteiger partial charge is 0.187 e. The van der Waals surface area contributed by atoms with E-state index in [0.717, 1.165) is 11.1 Å². The lowest BCUT2D eigenvalue weighted by Gasteiger charge is -2.01. The summed E-state index contributed by atoms with van der Waals surface area (Å²) in [4.78, 5) is 8.40. The molecule has 2 nitrogen and oxygen atoms in total. The number of thiol groups is 2. The molecule has 2 rings (SSSR count). The summed E-state index contributed by atoms with van der Waals surface area (Å²) >= 11 is 18.5. The van der Waals surface area contributed by atoms with E-state index in [1.807, 2.05) is 48.5 Å². The van der Waals surface area contributed by atoms with Gasteiger partial charge in [0.15, 0.2) is 0 Å². The van der Waals surface area contributed by atoms with E-state index in [-0.39, 0.29) is 0 Å². The lowest BCUT2D eigenvalue weighted by molar-refractivity contribution is 1.48. The predicted molar refractivity (Wildman–Crippen MR) is 103 cm³/mol. The lowest BCUT2D eigenvalue weighted by atomic mass is 10.2. The second kappa shape index (κ2) is 7.64. The van der Waals surface area contributed by atoms with E-state index >= 15 is 0 Å². The van der Waals surface area contributed by atoms with Gasteiger partial charge in [-0.05, 0) is 12.1 Å². The standard InChI is InChI=1S/C15H10N2S4/c18-14(19)10-5-1-3-7-12(10)16-9-17-13-8-4-2-6-11(13)15(20)21/h1-8H,(H,18,19)(H,20,21). The molecule has 2 aromatic carbocycles. The molecule has 0 saturated heterocycles. The van der Waals surface area contributed by atoms with Crippen LogP contribution in [0, 0.1) is 0 Å². The minimum absolute atomic E-state index is 0.480. The molecule has 0 bridgehead atoms. The normalized spacial score (nSPS) is 9.62. The summed E-state index contributed by atoms with van der Waals surface area (Å²) in [6.07, 6.45) is 0. The van der Waals surface area contributed by atoms with Crippen molar-refractivity contribution in [2.75, 3.05) is 0 Å². The summed E-state index contributed by atoms with van der Waals surface area (Å²) in [5, 5.41) is 0. The van der Waals surface area contributed by atoms with Gasteiger partial charge in [-0.2, -0.15) is 9.98 Å². The Kier molecular flexibility index (Phi) is 5.85. The van der Waals surface area contributed by atoms with Gasteiger partial charge in [-0.3, -0.25) is 0 Å². The Bertz CT molecular complexity index is 700. The van der Waals surface area contributed by atoms with Crippen LogP contribution in [0.4, 0.5) is 11.4 Å². The van der Waals surface area contributed by atoms with Gasteiger partial charge in [0.05, 0.1) is 19.8 Å². The molecular formula is C15H10N2S4. The second-order valence-electron chi connectivity index (χ2n) is 3.97. The fraction of sp³-hybridized carbons (Fsp3) is 0. The van der Waals surface area contributed by atoms with Gasteiger partial charge in [-0.1, -0.05) is 60.8 Å². The predicted octanol–water partition coefficient (Wildman–Crippen LogP) is 5.03. The molecule has 21 heavy (non-hydrogen) atoms. The summed E-state index contributed by atoms with van der Waals surface area (Å²) in [6.45, 7) is 0. The summed E-state index contributed by atoms with van der Waals surface area (Å²) < 4.78 is 0.959. The van der Waals surface area contributed by atoms with Crippen LogP contribution >= 0.6 is 49.7 Å². The molecule has 0 aliphatic carbocycles. The maximum atomic E-state index is 5.07. The summed E-state index contributed by atoms with van der Waals surface area (Å²) in [7, 11) is 0. The third-order valence-electron chi connectivity index (χ3n) is 2.61. The number of hydrogen-bond donors (Lipinski definition) is 2. The number of hydrogen-bond acceptors (Lipinski definition) is 4. The Hall–Kier alpha value is -1.30. The van der Waals surface area contributed by atoms with Crippen LogP contribution in [-0.4, -0.2) is 14.4 Å². The van der Waals surface area contributed by atoms with Gasteiger partial charge in [-0.25, -0.2) is 0 Å². The minimum Gasteiger partial charge on any atom is -0.187 e. The zero-order chi connectivity index (χ0) is 15.2. The molecule has 6 heteroatoms. The van der Waals surface area contributed by atoms with Crippen molar-refractivity contribution < 1.29 is 0 Å².